The molecule has 126 valence electrons. The molecule has 1 heterocycles. The summed E-state index contributed by atoms with van der Waals surface area (Å²) in [7, 11) is -0.124. The van der Waals surface area contributed by atoms with Gasteiger partial charge in [0.25, 0.3) is 10.0 Å². The molecule has 0 bridgehead atoms. The van der Waals surface area contributed by atoms with E-state index in [4.69, 9.17) is 0 Å². The molecule has 0 fully saturated rings. The van der Waals surface area contributed by atoms with Crippen LogP contribution in [0.15, 0.2) is 46.1 Å². The Hall–Kier alpha value is -2.74. The number of aromatic amines is 2. The van der Waals surface area contributed by atoms with Crippen LogP contribution in [0.5, 0.6) is 0 Å². The van der Waals surface area contributed by atoms with Crippen molar-refractivity contribution in [2.45, 2.75) is 11.8 Å². The summed E-state index contributed by atoms with van der Waals surface area (Å²) in [5, 5.41) is 0. The van der Waals surface area contributed by atoms with E-state index in [1.165, 1.54) is 0 Å². The Labute approximate surface area is 139 Å². The number of nitrogens with zero attached hydrogens (tertiary/aromatic N) is 1. The molecule has 3 aromatic rings. The number of hydrogen-bond acceptors (Lipinski definition) is 4. The van der Waals surface area contributed by atoms with Gasteiger partial charge < -0.3 is 14.9 Å². The SMILES string of the molecule is Cc1ccc(S(=O)(=O)Nc2cc3[nH]c(=O)[nH]c3cc2N(C)C)cc1. The summed E-state index contributed by atoms with van der Waals surface area (Å²) in [5.74, 6) is 0. The van der Waals surface area contributed by atoms with E-state index in [0.717, 1.165) is 5.56 Å². The van der Waals surface area contributed by atoms with Crippen LogP contribution in [0.4, 0.5) is 11.4 Å². The Bertz CT molecular complexity index is 1050. The highest BCUT2D eigenvalue weighted by Crippen LogP contribution is 2.30. The van der Waals surface area contributed by atoms with E-state index in [1.54, 1.807) is 55.4 Å². The number of H-pyrrole nitrogens is 2. The molecule has 8 heteroatoms. The maximum atomic E-state index is 12.6. The van der Waals surface area contributed by atoms with Crippen LogP contribution >= 0.6 is 0 Å². The molecule has 24 heavy (non-hydrogen) atoms. The number of rotatable bonds is 4. The van der Waals surface area contributed by atoms with Gasteiger partial charge in [-0.15, -0.1) is 0 Å². The Kier molecular flexibility index (Phi) is 3.84. The molecular weight excluding hydrogens is 328 g/mol. The standard InChI is InChI=1S/C16H18N4O3S/c1-10-4-6-11(7-5-10)24(22,23)19-14-8-12-13(18-16(21)17-12)9-15(14)20(2)3/h4-9,19H,1-3H3,(H2,17,18,21). The van der Waals surface area contributed by atoms with Crippen molar-refractivity contribution in [2.24, 2.45) is 0 Å². The van der Waals surface area contributed by atoms with Crippen LogP contribution in [0.3, 0.4) is 0 Å². The fraction of sp³-hybridized carbons (Fsp3) is 0.188. The molecule has 0 spiro atoms. The minimum Gasteiger partial charge on any atom is -0.376 e. The zero-order valence-corrected chi connectivity index (χ0v) is 14.4. The number of benzene rings is 2. The van der Waals surface area contributed by atoms with Crippen molar-refractivity contribution in [1.82, 2.24) is 9.97 Å². The van der Waals surface area contributed by atoms with Crippen molar-refractivity contribution in [1.29, 1.82) is 0 Å². The lowest BCUT2D eigenvalue weighted by molar-refractivity contribution is 0.601. The average Bonchev–Trinajstić information content (AvgIpc) is 2.85. The number of fused-ring (bicyclic) bond motifs is 1. The second kappa shape index (κ2) is 5.72. The van der Waals surface area contributed by atoms with E-state index in [-0.39, 0.29) is 10.6 Å². The normalized spacial score (nSPS) is 11.6. The fourth-order valence-corrected chi connectivity index (χ4v) is 3.51. The zero-order valence-electron chi connectivity index (χ0n) is 13.5. The Morgan fingerprint density at radius 3 is 2.17 bits per heavy atom. The van der Waals surface area contributed by atoms with Gasteiger partial charge in [-0.05, 0) is 31.2 Å². The highest BCUT2D eigenvalue weighted by Gasteiger charge is 2.18. The molecule has 0 radical (unpaired) electrons. The third kappa shape index (κ3) is 3.00. The second-order valence-corrected chi connectivity index (χ2v) is 7.49. The number of hydrogen-bond donors (Lipinski definition) is 3. The molecule has 3 rings (SSSR count). The summed E-state index contributed by atoms with van der Waals surface area (Å²) in [6.45, 7) is 1.89. The average molecular weight is 346 g/mol. The van der Waals surface area contributed by atoms with Crippen LogP contribution in [0, 0.1) is 6.92 Å². The Morgan fingerprint density at radius 2 is 1.58 bits per heavy atom. The minimum atomic E-state index is -3.73. The topological polar surface area (TPSA) is 98.1 Å². The van der Waals surface area contributed by atoms with Crippen LogP contribution in [-0.4, -0.2) is 32.5 Å². The van der Waals surface area contributed by atoms with Gasteiger partial charge in [0.05, 0.1) is 27.3 Å². The van der Waals surface area contributed by atoms with Gasteiger partial charge in [-0.2, -0.15) is 0 Å². The smallest absolute Gasteiger partial charge is 0.323 e. The zero-order chi connectivity index (χ0) is 17.5. The Morgan fingerprint density at radius 1 is 1.00 bits per heavy atom. The molecule has 3 N–H and O–H groups in total. The summed E-state index contributed by atoms with van der Waals surface area (Å²) in [6, 6.07) is 9.93. The molecule has 0 unspecified atom stereocenters. The van der Waals surface area contributed by atoms with Crippen molar-refractivity contribution in [3.63, 3.8) is 0 Å². The minimum absolute atomic E-state index is 0.181. The van der Waals surface area contributed by atoms with E-state index in [2.05, 4.69) is 14.7 Å². The van der Waals surface area contributed by atoms with E-state index in [1.807, 2.05) is 6.92 Å². The van der Waals surface area contributed by atoms with Gasteiger partial charge in [0.2, 0.25) is 0 Å². The maximum Gasteiger partial charge on any atom is 0.323 e. The van der Waals surface area contributed by atoms with Crippen LogP contribution in [0.25, 0.3) is 11.0 Å². The molecule has 1 aromatic heterocycles. The first-order valence-corrected chi connectivity index (χ1v) is 8.77. The monoisotopic (exact) mass is 346 g/mol. The van der Waals surface area contributed by atoms with Crippen molar-refractivity contribution in [3.8, 4) is 0 Å². The van der Waals surface area contributed by atoms with E-state index >= 15 is 0 Å². The summed E-state index contributed by atoms with van der Waals surface area (Å²) >= 11 is 0. The first-order chi connectivity index (χ1) is 11.3. The van der Waals surface area contributed by atoms with Gasteiger partial charge in [0.1, 0.15) is 0 Å². The first-order valence-electron chi connectivity index (χ1n) is 7.29. The summed E-state index contributed by atoms with van der Waals surface area (Å²) in [4.78, 5) is 18.7. The summed E-state index contributed by atoms with van der Waals surface area (Å²) < 4.78 is 27.8. The van der Waals surface area contributed by atoms with Crippen molar-refractivity contribution in [3.05, 3.63) is 52.4 Å². The second-order valence-electron chi connectivity index (χ2n) is 5.81. The van der Waals surface area contributed by atoms with E-state index < -0.39 is 10.0 Å². The number of imidazole rings is 1. The lowest BCUT2D eigenvalue weighted by atomic mass is 10.2. The third-order valence-corrected chi connectivity index (χ3v) is 5.07. The quantitative estimate of drug-likeness (QED) is 0.673. The van der Waals surface area contributed by atoms with Crippen molar-refractivity contribution >= 4 is 32.4 Å². The number of nitrogens with one attached hydrogen (secondary N) is 3. The largest absolute Gasteiger partial charge is 0.376 e. The van der Waals surface area contributed by atoms with Crippen molar-refractivity contribution in [2.75, 3.05) is 23.7 Å². The maximum absolute atomic E-state index is 12.6. The molecular formula is C16H18N4O3S. The molecule has 0 aliphatic carbocycles. The van der Waals surface area contributed by atoms with Crippen LogP contribution in [0.2, 0.25) is 0 Å². The lowest BCUT2D eigenvalue weighted by Crippen LogP contribution is -2.17. The van der Waals surface area contributed by atoms with Crippen LogP contribution in [0.1, 0.15) is 5.56 Å². The van der Waals surface area contributed by atoms with Gasteiger partial charge in [0, 0.05) is 14.1 Å². The first kappa shape index (κ1) is 16.1. The van der Waals surface area contributed by atoms with Crippen LogP contribution in [-0.2, 0) is 10.0 Å². The highest BCUT2D eigenvalue weighted by atomic mass is 32.2. The molecule has 0 aliphatic rings. The summed E-state index contributed by atoms with van der Waals surface area (Å²) in [6.07, 6.45) is 0. The van der Waals surface area contributed by atoms with Crippen molar-refractivity contribution < 1.29 is 8.42 Å². The lowest BCUT2D eigenvalue weighted by Gasteiger charge is -2.19. The van der Waals surface area contributed by atoms with Gasteiger partial charge in [-0.25, -0.2) is 13.2 Å². The summed E-state index contributed by atoms with van der Waals surface area (Å²) in [5.41, 5.74) is 2.83. The van der Waals surface area contributed by atoms with E-state index in [9.17, 15) is 13.2 Å². The molecule has 0 saturated carbocycles. The predicted octanol–water partition coefficient (Wildman–Crippen LogP) is 2.03. The molecule has 0 saturated heterocycles. The Balaban J connectivity index is 2.09. The molecule has 7 nitrogen and oxygen atoms in total. The molecule has 0 amide bonds. The van der Waals surface area contributed by atoms with Crippen LogP contribution < -0.4 is 15.3 Å². The van der Waals surface area contributed by atoms with Gasteiger partial charge in [-0.3, -0.25) is 4.72 Å². The van der Waals surface area contributed by atoms with Gasteiger partial charge >= 0.3 is 5.69 Å². The molecule has 0 atom stereocenters. The number of sulfonamides is 1. The van der Waals surface area contributed by atoms with E-state index in [0.29, 0.717) is 22.4 Å². The fourth-order valence-electron chi connectivity index (χ4n) is 2.44. The number of anilines is 2. The number of aromatic nitrogens is 2. The van der Waals surface area contributed by atoms with Gasteiger partial charge in [0.15, 0.2) is 0 Å². The number of aryl methyl sites for hydroxylation is 1. The third-order valence-electron chi connectivity index (χ3n) is 3.69. The molecule has 0 aliphatic heterocycles. The molecule has 2 aromatic carbocycles. The highest BCUT2D eigenvalue weighted by molar-refractivity contribution is 7.92. The predicted molar refractivity (Wildman–Crippen MR) is 95.2 cm³/mol. The van der Waals surface area contributed by atoms with Gasteiger partial charge in [-0.1, -0.05) is 17.7 Å².